The van der Waals surface area contributed by atoms with E-state index < -0.39 is 57.1 Å². The molecule has 0 bridgehead atoms. The van der Waals surface area contributed by atoms with Gasteiger partial charge in [0.15, 0.2) is 0 Å². The fourth-order valence-corrected chi connectivity index (χ4v) is 7.47. The summed E-state index contributed by atoms with van der Waals surface area (Å²) in [6.07, 6.45) is 0. The summed E-state index contributed by atoms with van der Waals surface area (Å²) >= 11 is 12.0. The molecule has 16 heteroatoms. The summed E-state index contributed by atoms with van der Waals surface area (Å²) in [6, 6.07) is 5.13. The lowest BCUT2D eigenvalue weighted by Gasteiger charge is -2.38. The van der Waals surface area contributed by atoms with Crippen molar-refractivity contribution in [2.75, 3.05) is 19.6 Å². The average Bonchev–Trinajstić information content (AvgIpc) is 2.73. The molecular formula is C17H16Cl2N4O8S2. The first-order valence-corrected chi connectivity index (χ1v) is 12.8. The number of nitro groups is 2. The zero-order chi connectivity index (χ0) is 24.7. The van der Waals surface area contributed by atoms with Crippen LogP contribution in [0, 0.1) is 20.2 Å². The van der Waals surface area contributed by atoms with Gasteiger partial charge in [0.2, 0.25) is 20.0 Å². The van der Waals surface area contributed by atoms with E-state index in [1.807, 2.05) is 0 Å². The molecule has 3 rings (SSSR count). The van der Waals surface area contributed by atoms with Gasteiger partial charge in [-0.1, -0.05) is 23.2 Å². The molecule has 0 aromatic heterocycles. The van der Waals surface area contributed by atoms with Crippen LogP contribution in [-0.4, -0.2) is 61.0 Å². The molecular weight excluding hydrogens is 523 g/mol. The van der Waals surface area contributed by atoms with Crippen LogP contribution < -0.4 is 0 Å². The molecule has 0 radical (unpaired) electrons. The second kappa shape index (κ2) is 9.12. The summed E-state index contributed by atoms with van der Waals surface area (Å²) in [7, 11) is -8.58. The van der Waals surface area contributed by atoms with Gasteiger partial charge < -0.3 is 0 Å². The normalized spacial score (nSPS) is 18.2. The van der Waals surface area contributed by atoms with E-state index in [-0.39, 0.29) is 29.7 Å². The van der Waals surface area contributed by atoms with Gasteiger partial charge >= 0.3 is 0 Å². The molecule has 0 aliphatic carbocycles. The van der Waals surface area contributed by atoms with Crippen molar-refractivity contribution in [2.45, 2.75) is 22.8 Å². The fourth-order valence-electron chi connectivity index (χ4n) is 3.35. The minimum absolute atomic E-state index is 0.216. The largest absolute Gasteiger partial charge is 0.270 e. The topological polar surface area (TPSA) is 161 Å². The van der Waals surface area contributed by atoms with Crippen molar-refractivity contribution in [2.24, 2.45) is 0 Å². The Morgan fingerprint density at radius 1 is 0.848 bits per heavy atom. The Hall–Kier alpha value is -2.36. The van der Waals surface area contributed by atoms with Gasteiger partial charge in [0, 0.05) is 49.9 Å². The van der Waals surface area contributed by atoms with Crippen molar-refractivity contribution in [3.8, 4) is 0 Å². The van der Waals surface area contributed by atoms with Crippen LogP contribution in [0.3, 0.4) is 0 Å². The van der Waals surface area contributed by atoms with E-state index in [1.54, 1.807) is 0 Å². The minimum Gasteiger partial charge on any atom is -0.258 e. The van der Waals surface area contributed by atoms with Crippen LogP contribution in [0.25, 0.3) is 0 Å². The van der Waals surface area contributed by atoms with E-state index in [0.717, 1.165) is 45.0 Å². The summed E-state index contributed by atoms with van der Waals surface area (Å²) in [5, 5.41) is 21.6. The van der Waals surface area contributed by atoms with Crippen LogP contribution in [-0.2, 0) is 20.0 Å². The number of hydrogen-bond acceptors (Lipinski definition) is 8. The molecule has 1 fully saturated rings. The zero-order valence-corrected chi connectivity index (χ0v) is 19.9. The maximum Gasteiger partial charge on any atom is 0.270 e. The summed E-state index contributed by atoms with van der Waals surface area (Å²) in [5.74, 6) is 0. The summed E-state index contributed by atoms with van der Waals surface area (Å²) in [5.41, 5.74) is -0.931. The van der Waals surface area contributed by atoms with E-state index in [4.69, 9.17) is 23.2 Å². The maximum absolute atomic E-state index is 13.1. The van der Waals surface area contributed by atoms with Crippen molar-refractivity contribution < 1.29 is 26.7 Å². The molecule has 0 unspecified atom stereocenters. The Bertz CT molecular complexity index is 1350. The fraction of sp³-hybridized carbons (Fsp3) is 0.294. The molecule has 33 heavy (non-hydrogen) atoms. The highest BCUT2D eigenvalue weighted by Gasteiger charge is 2.40. The third-order valence-corrected chi connectivity index (χ3v) is 9.83. The average molecular weight is 539 g/mol. The molecule has 0 spiro atoms. The summed E-state index contributed by atoms with van der Waals surface area (Å²) in [4.78, 5) is 19.6. The van der Waals surface area contributed by atoms with Gasteiger partial charge in [-0.05, 0) is 19.1 Å². The molecule has 0 N–H and O–H groups in total. The Balaban J connectivity index is 1.91. The van der Waals surface area contributed by atoms with E-state index in [1.165, 1.54) is 6.92 Å². The number of piperazine rings is 1. The molecule has 0 saturated carbocycles. The predicted octanol–water partition coefficient (Wildman–Crippen LogP) is 2.89. The molecule has 2 aromatic rings. The Kier molecular flexibility index (Phi) is 6.98. The van der Waals surface area contributed by atoms with Gasteiger partial charge in [-0.15, -0.1) is 0 Å². The molecule has 1 aliphatic rings. The van der Waals surface area contributed by atoms with Gasteiger partial charge in [-0.3, -0.25) is 20.2 Å². The van der Waals surface area contributed by atoms with E-state index in [2.05, 4.69) is 0 Å². The Labute approximate surface area is 198 Å². The van der Waals surface area contributed by atoms with E-state index in [0.29, 0.717) is 0 Å². The first-order valence-electron chi connectivity index (χ1n) is 9.16. The first-order chi connectivity index (χ1) is 15.3. The SMILES string of the molecule is C[C@@H]1CN(S(=O)(=O)c2cc([N+](=O)[O-])ccc2Cl)CCN1S(=O)(=O)c1cc([N+](=O)[O-])ccc1Cl. The van der Waals surface area contributed by atoms with Crippen molar-refractivity contribution in [1.29, 1.82) is 0 Å². The number of rotatable bonds is 6. The molecule has 1 aliphatic heterocycles. The molecule has 1 atom stereocenters. The molecule has 178 valence electrons. The third-order valence-electron chi connectivity index (χ3n) is 4.98. The van der Waals surface area contributed by atoms with Gasteiger partial charge in [-0.2, -0.15) is 8.61 Å². The van der Waals surface area contributed by atoms with Crippen LogP contribution in [0.4, 0.5) is 11.4 Å². The van der Waals surface area contributed by atoms with E-state index >= 15 is 0 Å². The van der Waals surface area contributed by atoms with Crippen molar-refractivity contribution in [3.05, 3.63) is 66.7 Å². The highest BCUT2D eigenvalue weighted by atomic mass is 35.5. The maximum atomic E-state index is 13.1. The predicted molar refractivity (Wildman–Crippen MR) is 118 cm³/mol. The Morgan fingerprint density at radius 2 is 1.30 bits per heavy atom. The number of sulfonamides is 2. The van der Waals surface area contributed by atoms with Crippen LogP contribution >= 0.6 is 23.2 Å². The van der Waals surface area contributed by atoms with E-state index in [9.17, 15) is 37.1 Å². The van der Waals surface area contributed by atoms with Crippen molar-refractivity contribution in [3.63, 3.8) is 0 Å². The molecule has 2 aromatic carbocycles. The number of benzene rings is 2. The highest BCUT2D eigenvalue weighted by molar-refractivity contribution is 7.89. The van der Waals surface area contributed by atoms with Gasteiger partial charge in [0.1, 0.15) is 9.79 Å². The van der Waals surface area contributed by atoms with Crippen molar-refractivity contribution >= 4 is 54.6 Å². The van der Waals surface area contributed by atoms with Gasteiger partial charge in [0.25, 0.3) is 11.4 Å². The number of nitro benzene ring substituents is 2. The van der Waals surface area contributed by atoms with Crippen LogP contribution in [0.2, 0.25) is 10.0 Å². The number of non-ortho nitro benzene ring substituents is 2. The molecule has 0 amide bonds. The Morgan fingerprint density at radius 3 is 1.73 bits per heavy atom. The molecule has 1 heterocycles. The monoisotopic (exact) mass is 538 g/mol. The van der Waals surface area contributed by atoms with Crippen LogP contribution in [0.1, 0.15) is 6.92 Å². The molecule has 1 saturated heterocycles. The standard InChI is InChI=1S/C17H16Cl2N4O8S2/c1-11-10-20(32(28,29)16-8-12(22(24)25)2-4-14(16)18)6-7-21(11)33(30,31)17-9-13(23(26)27)3-5-15(17)19/h2-5,8-9,11H,6-7,10H2,1H3/t11-/m1/s1. The second-order valence-electron chi connectivity index (χ2n) is 7.07. The lowest BCUT2D eigenvalue weighted by atomic mass is 10.3. The minimum atomic E-state index is -4.30. The quantitative estimate of drug-likeness (QED) is 0.400. The number of halogens is 2. The van der Waals surface area contributed by atoms with Crippen LogP contribution in [0.15, 0.2) is 46.2 Å². The first kappa shape index (κ1) is 25.3. The smallest absolute Gasteiger partial charge is 0.258 e. The number of hydrogen-bond donors (Lipinski definition) is 0. The summed E-state index contributed by atoms with van der Waals surface area (Å²) in [6.45, 7) is 0.610. The van der Waals surface area contributed by atoms with Crippen LogP contribution in [0.5, 0.6) is 0 Å². The van der Waals surface area contributed by atoms with Crippen molar-refractivity contribution in [1.82, 2.24) is 8.61 Å². The van der Waals surface area contributed by atoms with Gasteiger partial charge in [0.05, 0.1) is 19.9 Å². The van der Waals surface area contributed by atoms with Gasteiger partial charge in [-0.25, -0.2) is 16.8 Å². The second-order valence-corrected chi connectivity index (χ2v) is 11.7. The lowest BCUT2D eigenvalue weighted by Crippen LogP contribution is -2.55. The zero-order valence-electron chi connectivity index (χ0n) is 16.8. The molecule has 12 nitrogen and oxygen atoms in total. The number of nitrogens with zero attached hydrogens (tertiary/aromatic N) is 4. The third kappa shape index (κ3) is 4.81. The highest BCUT2D eigenvalue weighted by Crippen LogP contribution is 2.33. The summed E-state index contributed by atoms with van der Waals surface area (Å²) < 4.78 is 54.4. The lowest BCUT2D eigenvalue weighted by molar-refractivity contribution is -0.385.